The van der Waals surface area contributed by atoms with Crippen LogP contribution in [0.15, 0.2) is 18.2 Å². The highest BCUT2D eigenvalue weighted by Gasteiger charge is 2.50. The number of phenols is 2. The fourth-order valence-corrected chi connectivity index (χ4v) is 7.41. The van der Waals surface area contributed by atoms with Gasteiger partial charge in [0.25, 0.3) is 0 Å². The van der Waals surface area contributed by atoms with Gasteiger partial charge in [-0.05, 0) is 32.8 Å². The highest BCUT2D eigenvalue weighted by molar-refractivity contribution is 6.31. The minimum absolute atomic E-state index is 0. The quantitative estimate of drug-likeness (QED) is 0.285. The molecule has 0 bridgehead atoms. The van der Waals surface area contributed by atoms with E-state index in [0.29, 0.717) is 13.1 Å². The Morgan fingerprint density at radius 2 is 1.72 bits per heavy atom. The van der Waals surface area contributed by atoms with Crippen molar-refractivity contribution in [1.29, 1.82) is 0 Å². The average Bonchev–Trinajstić information content (AvgIpc) is 3.02. The largest absolute Gasteiger partial charge is 0.507 e. The van der Waals surface area contributed by atoms with Gasteiger partial charge in [0.1, 0.15) is 22.8 Å². The second kappa shape index (κ2) is 12.8. The molecule has 2 aromatic rings. The van der Waals surface area contributed by atoms with Crippen molar-refractivity contribution in [2.45, 2.75) is 88.3 Å². The first kappa shape index (κ1) is 34.2. The van der Waals surface area contributed by atoms with E-state index < -0.39 is 76.6 Å². The summed E-state index contributed by atoms with van der Waals surface area (Å²) in [4.78, 5) is 42.4. The summed E-state index contributed by atoms with van der Waals surface area (Å²) >= 11 is 0. The topological polar surface area (TPSA) is 172 Å². The van der Waals surface area contributed by atoms with Gasteiger partial charge in [0, 0.05) is 62.2 Å². The molecule has 0 amide bonds. The number of benzene rings is 2. The maximum Gasteiger partial charge on any atom is 0.202 e. The molecule has 2 aliphatic carbocycles. The Bertz CT molecular complexity index is 1550. The number of carbonyl (C=O) groups is 3. The van der Waals surface area contributed by atoms with Crippen molar-refractivity contribution in [2.75, 3.05) is 27.3 Å². The third-order valence-corrected chi connectivity index (χ3v) is 10.0. The van der Waals surface area contributed by atoms with Gasteiger partial charge in [-0.3, -0.25) is 19.3 Å². The van der Waals surface area contributed by atoms with Crippen LogP contribution in [0, 0.1) is 0 Å². The fraction of sp³-hybridized carbons (Fsp3) is 0.545. The van der Waals surface area contributed by atoms with E-state index in [4.69, 9.17) is 18.9 Å². The minimum Gasteiger partial charge on any atom is -0.507 e. The lowest BCUT2D eigenvalue weighted by molar-refractivity contribution is -0.259. The normalized spacial score (nSPS) is 29.7. The molecule has 12 nitrogen and oxygen atoms in total. The predicted molar refractivity (Wildman–Crippen MR) is 165 cm³/mol. The number of aromatic hydroxyl groups is 2. The summed E-state index contributed by atoms with van der Waals surface area (Å²) in [5.41, 5.74) is -2.92. The molecule has 2 heterocycles. The smallest absolute Gasteiger partial charge is 0.202 e. The van der Waals surface area contributed by atoms with E-state index in [9.17, 15) is 34.8 Å². The number of hydrogen-bond acceptors (Lipinski definition) is 12. The van der Waals surface area contributed by atoms with E-state index in [0.717, 1.165) is 12.8 Å². The number of nitrogens with zero attached hydrogens (tertiary/aromatic N) is 1. The van der Waals surface area contributed by atoms with Crippen LogP contribution in [0.4, 0.5) is 0 Å². The number of ketones is 3. The number of aliphatic hydroxyl groups excluding tert-OH is 1. The summed E-state index contributed by atoms with van der Waals surface area (Å²) in [6.07, 6.45) is -2.29. The number of fused-ring (bicyclic) bond motifs is 3. The van der Waals surface area contributed by atoms with Crippen LogP contribution in [0.25, 0.3) is 0 Å². The third-order valence-electron chi connectivity index (χ3n) is 10.0. The molecule has 0 spiro atoms. The summed E-state index contributed by atoms with van der Waals surface area (Å²) in [6.45, 7) is 4.35. The van der Waals surface area contributed by atoms with Gasteiger partial charge in [-0.1, -0.05) is 12.1 Å². The van der Waals surface area contributed by atoms with Crippen molar-refractivity contribution < 1.29 is 53.8 Å². The highest BCUT2D eigenvalue weighted by atomic mass is 35.5. The number of Topliss-reactive ketones (excluding diaryl/α,β-unsaturated/α-hetero) is 1. The first-order chi connectivity index (χ1) is 21.4. The molecule has 4 N–H and O–H groups in total. The number of likely N-dealkylation sites (tertiary alicyclic amines) is 1. The number of carbonyl (C=O) groups excluding carboxylic acids is 3. The number of halogens is 1. The molecule has 6 rings (SSSR count). The maximum absolute atomic E-state index is 13.9. The third kappa shape index (κ3) is 5.49. The summed E-state index contributed by atoms with van der Waals surface area (Å²) < 4.78 is 23.3. The van der Waals surface area contributed by atoms with Crippen LogP contribution in [-0.2, 0) is 25.4 Å². The zero-order valence-corrected chi connectivity index (χ0v) is 27.0. The second-order valence-corrected chi connectivity index (χ2v) is 12.5. The average molecular weight is 662 g/mol. The summed E-state index contributed by atoms with van der Waals surface area (Å²) in [6, 6.07) is 4.17. The molecule has 0 aromatic heterocycles. The molecule has 2 aliphatic heterocycles. The molecule has 13 heteroatoms. The van der Waals surface area contributed by atoms with Gasteiger partial charge in [-0.15, -0.1) is 12.4 Å². The van der Waals surface area contributed by atoms with E-state index in [1.807, 2.05) is 0 Å². The van der Waals surface area contributed by atoms with Crippen molar-refractivity contribution >= 4 is 29.8 Å². The lowest BCUT2D eigenvalue weighted by Gasteiger charge is -2.46. The standard InChI is InChI=1S/C33H39NO11.ClH/c1-15-28(36)20(34-10-8-17(42-3)9-11-34)12-23(44-15)45-22-14-33(41,16(2)35)13-19-25(22)32(40)27-26(30(19)38)29(37)18-6-5-7-21(43-4)24(18)31(27)39;/h5-7,15,17,20,22-23,28,36,38,40-41H,8-14H2,1-4H3;1H/t15?,20?,22-,23?,28?,33-;/m0./s1. The van der Waals surface area contributed by atoms with Crippen molar-refractivity contribution in [3.8, 4) is 17.2 Å². The van der Waals surface area contributed by atoms with E-state index >= 15 is 0 Å². The van der Waals surface area contributed by atoms with Crippen LogP contribution in [0.5, 0.6) is 17.2 Å². The molecular weight excluding hydrogens is 622 g/mol. The van der Waals surface area contributed by atoms with E-state index in [-0.39, 0.29) is 65.4 Å². The molecule has 4 unspecified atom stereocenters. The Hall–Kier alpha value is -3.10. The van der Waals surface area contributed by atoms with Crippen molar-refractivity contribution in [1.82, 2.24) is 4.90 Å². The van der Waals surface area contributed by atoms with Crippen LogP contribution in [0.3, 0.4) is 0 Å². The zero-order chi connectivity index (χ0) is 32.4. The van der Waals surface area contributed by atoms with Crippen LogP contribution in [0.1, 0.15) is 88.6 Å². The molecule has 0 saturated carbocycles. The van der Waals surface area contributed by atoms with Crippen LogP contribution >= 0.6 is 12.4 Å². The van der Waals surface area contributed by atoms with Gasteiger partial charge in [0.15, 0.2) is 17.9 Å². The Morgan fingerprint density at radius 1 is 1.04 bits per heavy atom. The lowest BCUT2D eigenvalue weighted by Crippen LogP contribution is -2.57. The predicted octanol–water partition coefficient (Wildman–Crippen LogP) is 2.60. The van der Waals surface area contributed by atoms with Gasteiger partial charge in [0.2, 0.25) is 5.78 Å². The van der Waals surface area contributed by atoms with Gasteiger partial charge >= 0.3 is 0 Å². The van der Waals surface area contributed by atoms with E-state index in [1.165, 1.54) is 32.2 Å². The Balaban J connectivity index is 0.00000417. The molecule has 2 fully saturated rings. The first-order valence-electron chi connectivity index (χ1n) is 15.3. The van der Waals surface area contributed by atoms with Crippen molar-refractivity contribution in [2.24, 2.45) is 0 Å². The van der Waals surface area contributed by atoms with Gasteiger partial charge < -0.3 is 39.4 Å². The van der Waals surface area contributed by atoms with Crippen molar-refractivity contribution in [3.63, 3.8) is 0 Å². The Morgan fingerprint density at radius 3 is 2.35 bits per heavy atom. The SMILES string of the molecule is COc1cccc2c1C(=O)c1c(O)c3c(c(O)c1C2=O)C[C@@](O)(C(C)=O)C[C@@H]3OC1CC(N2CCC(OC)CC2)C(O)C(C)O1.Cl. The van der Waals surface area contributed by atoms with Crippen LogP contribution in [0.2, 0.25) is 0 Å². The fourth-order valence-electron chi connectivity index (χ4n) is 7.41. The summed E-state index contributed by atoms with van der Waals surface area (Å²) in [5.74, 6) is -3.07. The molecule has 4 aliphatic rings. The lowest BCUT2D eigenvalue weighted by atomic mass is 9.72. The maximum atomic E-state index is 13.9. The number of piperidine rings is 1. The zero-order valence-electron chi connectivity index (χ0n) is 26.1. The minimum atomic E-state index is -2.00. The van der Waals surface area contributed by atoms with E-state index in [1.54, 1.807) is 14.0 Å². The first-order valence-corrected chi connectivity index (χ1v) is 15.3. The number of aliphatic hydroxyl groups is 2. The van der Waals surface area contributed by atoms with Crippen molar-refractivity contribution in [3.05, 3.63) is 51.6 Å². The Labute approximate surface area is 272 Å². The van der Waals surface area contributed by atoms with Crippen LogP contribution < -0.4 is 4.74 Å². The molecule has 46 heavy (non-hydrogen) atoms. The second-order valence-electron chi connectivity index (χ2n) is 12.5. The Kier molecular flexibility index (Phi) is 9.55. The number of methoxy groups -OCH3 is 2. The number of rotatable bonds is 6. The van der Waals surface area contributed by atoms with Gasteiger partial charge in [-0.2, -0.15) is 0 Å². The molecule has 2 aromatic carbocycles. The van der Waals surface area contributed by atoms with Gasteiger partial charge in [-0.25, -0.2) is 0 Å². The van der Waals surface area contributed by atoms with E-state index in [2.05, 4.69) is 4.90 Å². The molecule has 0 radical (unpaired) electrons. The molecule has 2 saturated heterocycles. The monoisotopic (exact) mass is 661 g/mol. The van der Waals surface area contributed by atoms with Crippen LogP contribution in [-0.4, -0.2) is 106 Å². The molecule has 250 valence electrons. The molecule has 6 atom stereocenters. The highest BCUT2D eigenvalue weighted by Crippen LogP contribution is 2.52. The van der Waals surface area contributed by atoms with Gasteiger partial charge in [0.05, 0.1) is 48.2 Å². The number of ether oxygens (including phenoxy) is 4. The number of hydrogen-bond donors (Lipinski definition) is 4. The summed E-state index contributed by atoms with van der Waals surface area (Å²) in [7, 11) is 3.04. The summed E-state index contributed by atoms with van der Waals surface area (Å²) in [5, 5.41) is 45.8. The molecular formula is C33H40ClNO11. The number of phenolic OH excluding ortho intramolecular Hbond substituents is 2.